The summed E-state index contributed by atoms with van der Waals surface area (Å²) in [5.41, 5.74) is 3.90. The van der Waals surface area contributed by atoms with E-state index >= 15 is 0 Å². The Bertz CT molecular complexity index is 1140. The maximum absolute atomic E-state index is 12.4. The molecular formula is C21H20N2O3S. The summed E-state index contributed by atoms with van der Waals surface area (Å²) >= 11 is 0. The Hall–Kier alpha value is -2.86. The lowest BCUT2D eigenvalue weighted by atomic mass is 10.0. The first-order valence-electron chi connectivity index (χ1n) is 8.80. The number of amides is 1. The molecule has 4 rings (SSSR count). The molecule has 0 fully saturated rings. The van der Waals surface area contributed by atoms with Gasteiger partial charge in [0.1, 0.15) is 0 Å². The van der Waals surface area contributed by atoms with Crippen LogP contribution in [-0.4, -0.2) is 27.1 Å². The Labute approximate surface area is 158 Å². The smallest absolute Gasteiger partial charge is 0.243 e. The summed E-state index contributed by atoms with van der Waals surface area (Å²) in [6.07, 6.45) is 3.24. The third kappa shape index (κ3) is 3.40. The van der Waals surface area contributed by atoms with Gasteiger partial charge in [-0.05, 0) is 47.6 Å². The predicted octanol–water partition coefficient (Wildman–Crippen LogP) is 3.39. The zero-order chi connectivity index (χ0) is 19.0. The molecule has 0 atom stereocenters. The monoisotopic (exact) mass is 380 g/mol. The number of nitrogens with one attached hydrogen (secondary N) is 2. The summed E-state index contributed by atoms with van der Waals surface area (Å²) < 4.78 is 23.7. The zero-order valence-corrected chi connectivity index (χ0v) is 15.8. The molecule has 3 aromatic carbocycles. The molecule has 0 heterocycles. The number of hydrogen-bond acceptors (Lipinski definition) is 4. The Kier molecular flexibility index (Phi) is 4.36. The van der Waals surface area contributed by atoms with Crippen LogP contribution in [0.5, 0.6) is 0 Å². The van der Waals surface area contributed by atoms with Crippen molar-refractivity contribution >= 4 is 37.9 Å². The van der Waals surface area contributed by atoms with Gasteiger partial charge in [-0.25, -0.2) is 8.42 Å². The molecule has 6 heteroatoms. The standard InChI is InChI=1S/C21H20N2O3S/c1-27(25,26)19-8-3-2-7-18(19)23-20(24)13-22-17-12-11-15-10-9-14-5-4-6-16(17)21(14)15/h2-8,11-12,22H,9-10,13H2,1H3,(H,23,24). The Morgan fingerprint density at radius 2 is 1.67 bits per heavy atom. The van der Waals surface area contributed by atoms with Crippen molar-refractivity contribution in [2.24, 2.45) is 0 Å². The molecule has 0 aliphatic heterocycles. The number of carbonyl (C=O) groups excluding carboxylic acids is 1. The molecule has 0 saturated heterocycles. The van der Waals surface area contributed by atoms with E-state index in [1.165, 1.54) is 22.6 Å². The average Bonchev–Trinajstić information content (AvgIpc) is 3.06. The van der Waals surface area contributed by atoms with Crippen LogP contribution in [-0.2, 0) is 27.5 Å². The minimum Gasteiger partial charge on any atom is -0.376 e. The molecule has 0 saturated carbocycles. The highest BCUT2D eigenvalue weighted by Crippen LogP contribution is 2.34. The summed E-state index contributed by atoms with van der Waals surface area (Å²) in [5, 5.41) is 8.28. The minimum absolute atomic E-state index is 0.0524. The van der Waals surface area contributed by atoms with Crippen molar-refractivity contribution in [3.8, 4) is 0 Å². The van der Waals surface area contributed by atoms with E-state index in [1.807, 2.05) is 12.1 Å². The topological polar surface area (TPSA) is 75.3 Å². The number of para-hydroxylation sites is 1. The summed E-state index contributed by atoms with van der Waals surface area (Å²) in [5.74, 6) is -0.297. The van der Waals surface area contributed by atoms with Crippen LogP contribution in [0.25, 0.3) is 10.8 Å². The molecule has 1 aliphatic rings. The molecule has 138 valence electrons. The van der Waals surface area contributed by atoms with E-state index in [-0.39, 0.29) is 17.3 Å². The second kappa shape index (κ2) is 6.70. The van der Waals surface area contributed by atoms with E-state index in [0.717, 1.165) is 30.2 Å². The third-order valence-electron chi connectivity index (χ3n) is 4.88. The number of sulfone groups is 1. The lowest BCUT2D eigenvalue weighted by molar-refractivity contribution is -0.114. The van der Waals surface area contributed by atoms with Gasteiger partial charge in [0.25, 0.3) is 0 Å². The van der Waals surface area contributed by atoms with Crippen molar-refractivity contribution in [1.82, 2.24) is 0 Å². The summed E-state index contributed by atoms with van der Waals surface area (Å²) in [7, 11) is -3.41. The predicted molar refractivity (Wildman–Crippen MR) is 108 cm³/mol. The first kappa shape index (κ1) is 17.5. The minimum atomic E-state index is -3.41. The van der Waals surface area contributed by atoms with Crippen LogP contribution in [0.2, 0.25) is 0 Å². The Morgan fingerprint density at radius 3 is 2.44 bits per heavy atom. The Morgan fingerprint density at radius 1 is 0.926 bits per heavy atom. The molecule has 0 aromatic heterocycles. The third-order valence-corrected chi connectivity index (χ3v) is 6.03. The fraction of sp³-hybridized carbons (Fsp3) is 0.190. The molecule has 5 nitrogen and oxygen atoms in total. The molecular weight excluding hydrogens is 360 g/mol. The van der Waals surface area contributed by atoms with Crippen LogP contribution in [0.4, 0.5) is 11.4 Å². The van der Waals surface area contributed by atoms with Gasteiger partial charge in [-0.2, -0.15) is 0 Å². The van der Waals surface area contributed by atoms with Crippen molar-refractivity contribution in [3.63, 3.8) is 0 Å². The van der Waals surface area contributed by atoms with Crippen LogP contribution >= 0.6 is 0 Å². The maximum atomic E-state index is 12.4. The van der Waals surface area contributed by atoms with Crippen LogP contribution in [0.3, 0.4) is 0 Å². The number of anilines is 2. The van der Waals surface area contributed by atoms with E-state index in [4.69, 9.17) is 0 Å². The fourth-order valence-corrected chi connectivity index (χ4v) is 4.51. The van der Waals surface area contributed by atoms with Crippen molar-refractivity contribution in [1.29, 1.82) is 0 Å². The number of benzene rings is 3. The van der Waals surface area contributed by atoms with Gasteiger partial charge in [-0.15, -0.1) is 0 Å². The number of aryl methyl sites for hydroxylation is 2. The normalized spacial score (nSPS) is 12.9. The van der Waals surface area contributed by atoms with Crippen LogP contribution in [0, 0.1) is 0 Å². The van der Waals surface area contributed by atoms with E-state index < -0.39 is 9.84 Å². The largest absolute Gasteiger partial charge is 0.376 e. The number of hydrogen-bond donors (Lipinski definition) is 2. The van der Waals surface area contributed by atoms with E-state index in [0.29, 0.717) is 5.69 Å². The lowest BCUT2D eigenvalue weighted by Gasteiger charge is -2.13. The lowest BCUT2D eigenvalue weighted by Crippen LogP contribution is -2.22. The van der Waals surface area contributed by atoms with Crippen LogP contribution in [0.1, 0.15) is 11.1 Å². The summed E-state index contributed by atoms with van der Waals surface area (Å²) in [4.78, 5) is 12.5. The van der Waals surface area contributed by atoms with Gasteiger partial charge in [0.05, 0.1) is 17.1 Å². The molecule has 0 unspecified atom stereocenters. The van der Waals surface area contributed by atoms with E-state index in [1.54, 1.807) is 18.2 Å². The molecule has 1 amide bonds. The van der Waals surface area contributed by atoms with Gasteiger partial charge >= 0.3 is 0 Å². The SMILES string of the molecule is CS(=O)(=O)c1ccccc1NC(=O)CNc1ccc2c3c(cccc13)CC2. The van der Waals surface area contributed by atoms with E-state index in [2.05, 4.69) is 28.8 Å². The van der Waals surface area contributed by atoms with Crippen molar-refractivity contribution in [2.75, 3.05) is 23.4 Å². The zero-order valence-electron chi connectivity index (χ0n) is 15.0. The van der Waals surface area contributed by atoms with Crippen LogP contribution < -0.4 is 10.6 Å². The van der Waals surface area contributed by atoms with Gasteiger partial charge < -0.3 is 10.6 Å². The molecule has 0 bridgehead atoms. The molecule has 0 spiro atoms. The molecule has 3 aromatic rings. The highest BCUT2D eigenvalue weighted by atomic mass is 32.2. The second-order valence-corrected chi connectivity index (χ2v) is 8.77. The van der Waals surface area contributed by atoms with Gasteiger partial charge in [0.2, 0.25) is 5.91 Å². The van der Waals surface area contributed by atoms with Crippen molar-refractivity contribution in [2.45, 2.75) is 17.7 Å². The number of carbonyl (C=O) groups is 1. The Balaban J connectivity index is 1.53. The quantitative estimate of drug-likeness (QED) is 0.711. The highest BCUT2D eigenvalue weighted by Gasteiger charge is 2.17. The van der Waals surface area contributed by atoms with Gasteiger partial charge in [0.15, 0.2) is 9.84 Å². The summed E-state index contributed by atoms with van der Waals surface area (Å²) in [6, 6.07) is 16.8. The van der Waals surface area contributed by atoms with Gasteiger partial charge in [-0.3, -0.25) is 4.79 Å². The molecule has 1 aliphatic carbocycles. The van der Waals surface area contributed by atoms with Crippen molar-refractivity contribution in [3.05, 3.63) is 65.7 Å². The number of rotatable bonds is 5. The van der Waals surface area contributed by atoms with Gasteiger partial charge in [-0.1, -0.05) is 36.4 Å². The van der Waals surface area contributed by atoms with Crippen molar-refractivity contribution < 1.29 is 13.2 Å². The highest BCUT2D eigenvalue weighted by molar-refractivity contribution is 7.90. The molecule has 0 radical (unpaired) electrons. The second-order valence-electron chi connectivity index (χ2n) is 6.78. The van der Waals surface area contributed by atoms with Crippen LogP contribution in [0.15, 0.2) is 59.5 Å². The fourth-order valence-electron chi connectivity index (χ4n) is 3.66. The molecule has 2 N–H and O–H groups in total. The first-order valence-corrected chi connectivity index (χ1v) is 10.7. The first-order chi connectivity index (χ1) is 12.9. The maximum Gasteiger partial charge on any atom is 0.243 e. The summed E-state index contributed by atoms with van der Waals surface area (Å²) in [6.45, 7) is 0.0524. The van der Waals surface area contributed by atoms with Gasteiger partial charge in [0, 0.05) is 17.3 Å². The molecule has 27 heavy (non-hydrogen) atoms. The average molecular weight is 380 g/mol. The van der Waals surface area contributed by atoms with E-state index in [9.17, 15) is 13.2 Å².